The summed E-state index contributed by atoms with van der Waals surface area (Å²) in [4.78, 5) is 13.9. The zero-order valence-electron chi connectivity index (χ0n) is 14.0. The van der Waals surface area contributed by atoms with Gasteiger partial charge in [0.25, 0.3) is 10.0 Å². The SMILES string of the molecule is O=C(O)c1cc(S(=O)(=O)Nc2ccc(Cc3cc[nH+]cc3)cc2)ccc1Cl. The fourth-order valence-electron chi connectivity index (χ4n) is 2.52. The molecule has 2 aromatic carbocycles. The van der Waals surface area contributed by atoms with Gasteiger partial charge in [0, 0.05) is 17.8 Å². The maximum Gasteiger partial charge on any atom is 0.337 e. The summed E-state index contributed by atoms with van der Waals surface area (Å²) < 4.78 is 27.5. The number of sulfonamides is 1. The molecule has 0 radical (unpaired) electrons. The van der Waals surface area contributed by atoms with Crippen LogP contribution in [0.25, 0.3) is 0 Å². The zero-order valence-corrected chi connectivity index (χ0v) is 15.6. The van der Waals surface area contributed by atoms with E-state index in [9.17, 15) is 13.2 Å². The number of H-pyrrole nitrogens is 1. The first-order valence-corrected chi connectivity index (χ1v) is 9.81. The molecule has 0 saturated heterocycles. The van der Waals surface area contributed by atoms with Gasteiger partial charge in [-0.2, -0.15) is 0 Å². The Morgan fingerprint density at radius 1 is 1.00 bits per heavy atom. The van der Waals surface area contributed by atoms with Gasteiger partial charge in [0.05, 0.1) is 15.5 Å². The second-order valence-electron chi connectivity index (χ2n) is 5.83. The normalized spacial score (nSPS) is 11.1. The number of anilines is 1. The molecule has 3 N–H and O–H groups in total. The van der Waals surface area contributed by atoms with Gasteiger partial charge in [0.15, 0.2) is 12.4 Å². The van der Waals surface area contributed by atoms with Crippen LogP contribution in [0.4, 0.5) is 5.69 Å². The van der Waals surface area contributed by atoms with Crippen molar-refractivity contribution in [2.45, 2.75) is 11.3 Å². The average molecular weight is 404 g/mol. The number of rotatable bonds is 6. The number of pyridine rings is 1. The highest BCUT2D eigenvalue weighted by Gasteiger charge is 2.18. The summed E-state index contributed by atoms with van der Waals surface area (Å²) in [6, 6.07) is 14.5. The lowest BCUT2D eigenvalue weighted by Gasteiger charge is -2.10. The third-order valence-corrected chi connectivity index (χ3v) is 5.59. The number of hydrogen-bond acceptors (Lipinski definition) is 3. The molecule has 0 aliphatic heterocycles. The molecule has 8 heteroatoms. The van der Waals surface area contributed by atoms with E-state index in [2.05, 4.69) is 9.71 Å². The molecule has 3 rings (SSSR count). The van der Waals surface area contributed by atoms with Gasteiger partial charge in [0.1, 0.15) is 0 Å². The van der Waals surface area contributed by atoms with Crippen molar-refractivity contribution in [2.75, 3.05) is 4.72 Å². The van der Waals surface area contributed by atoms with Crippen LogP contribution in [0.3, 0.4) is 0 Å². The fourth-order valence-corrected chi connectivity index (χ4v) is 3.80. The molecule has 138 valence electrons. The molecule has 0 atom stereocenters. The number of aromatic nitrogens is 1. The van der Waals surface area contributed by atoms with E-state index in [-0.39, 0.29) is 15.5 Å². The number of benzene rings is 2. The second kappa shape index (κ2) is 7.77. The van der Waals surface area contributed by atoms with Gasteiger partial charge in [-0.1, -0.05) is 23.7 Å². The summed E-state index contributed by atoms with van der Waals surface area (Å²) in [6.45, 7) is 0. The third kappa shape index (κ3) is 4.64. The fraction of sp³-hybridized carbons (Fsp3) is 0.0526. The van der Waals surface area contributed by atoms with E-state index >= 15 is 0 Å². The van der Waals surface area contributed by atoms with E-state index in [1.54, 1.807) is 12.1 Å². The van der Waals surface area contributed by atoms with Gasteiger partial charge in [-0.3, -0.25) is 4.72 Å². The number of hydrogen-bond donors (Lipinski definition) is 2. The van der Waals surface area contributed by atoms with Crippen molar-refractivity contribution in [3.8, 4) is 0 Å². The van der Waals surface area contributed by atoms with Crippen LogP contribution in [0.1, 0.15) is 21.5 Å². The van der Waals surface area contributed by atoms with Crippen LogP contribution in [0.15, 0.2) is 71.9 Å². The molecular formula is C19H16ClN2O4S+. The van der Waals surface area contributed by atoms with Gasteiger partial charge in [-0.25, -0.2) is 18.2 Å². The van der Waals surface area contributed by atoms with Gasteiger partial charge in [-0.05, 0) is 47.9 Å². The first-order chi connectivity index (χ1) is 12.8. The molecule has 0 amide bonds. The Labute approximate surface area is 161 Å². The highest BCUT2D eigenvalue weighted by molar-refractivity contribution is 7.92. The number of carbonyl (C=O) groups is 1. The van der Waals surface area contributed by atoms with Crippen LogP contribution in [-0.4, -0.2) is 19.5 Å². The Hall–Kier alpha value is -2.90. The Morgan fingerprint density at radius 3 is 2.26 bits per heavy atom. The smallest absolute Gasteiger partial charge is 0.337 e. The molecule has 27 heavy (non-hydrogen) atoms. The molecule has 6 nitrogen and oxygen atoms in total. The molecule has 0 fully saturated rings. The summed E-state index contributed by atoms with van der Waals surface area (Å²) in [5.41, 5.74) is 2.27. The van der Waals surface area contributed by atoms with Crippen molar-refractivity contribution in [3.05, 3.63) is 88.7 Å². The Bertz CT molecular complexity index is 1070. The van der Waals surface area contributed by atoms with E-state index in [1.165, 1.54) is 12.1 Å². The van der Waals surface area contributed by atoms with E-state index < -0.39 is 16.0 Å². The molecule has 3 aromatic rings. The predicted molar refractivity (Wildman–Crippen MR) is 101 cm³/mol. The van der Waals surface area contributed by atoms with Gasteiger partial charge in [-0.15, -0.1) is 0 Å². The number of aromatic carboxylic acids is 1. The highest BCUT2D eigenvalue weighted by Crippen LogP contribution is 2.23. The topological polar surface area (TPSA) is 97.6 Å². The predicted octanol–water partition coefficient (Wildman–Crippen LogP) is 3.24. The molecule has 1 heterocycles. The molecular weight excluding hydrogens is 388 g/mol. The van der Waals surface area contributed by atoms with Gasteiger partial charge in [0.2, 0.25) is 0 Å². The van der Waals surface area contributed by atoms with Crippen LogP contribution in [0, 0.1) is 0 Å². The molecule has 0 bridgehead atoms. The Morgan fingerprint density at radius 2 is 1.63 bits per heavy atom. The lowest BCUT2D eigenvalue weighted by atomic mass is 10.1. The van der Waals surface area contributed by atoms with Crippen LogP contribution in [-0.2, 0) is 16.4 Å². The van der Waals surface area contributed by atoms with E-state index in [0.717, 1.165) is 23.6 Å². The quantitative estimate of drug-likeness (QED) is 0.660. The van der Waals surface area contributed by atoms with Crippen molar-refractivity contribution in [3.63, 3.8) is 0 Å². The molecule has 0 spiro atoms. The van der Waals surface area contributed by atoms with Crippen molar-refractivity contribution in [1.82, 2.24) is 0 Å². The van der Waals surface area contributed by atoms with E-state index in [4.69, 9.17) is 16.7 Å². The van der Waals surface area contributed by atoms with Gasteiger partial charge >= 0.3 is 5.97 Å². The summed E-state index contributed by atoms with van der Waals surface area (Å²) >= 11 is 5.79. The van der Waals surface area contributed by atoms with Crippen LogP contribution < -0.4 is 9.71 Å². The van der Waals surface area contributed by atoms with Crippen molar-refractivity contribution >= 4 is 33.3 Å². The van der Waals surface area contributed by atoms with E-state index in [1.807, 2.05) is 36.7 Å². The molecule has 0 saturated carbocycles. The number of carboxylic acids is 1. The molecule has 1 aromatic heterocycles. The number of halogens is 1. The number of carboxylic acid groups (broad SMARTS) is 1. The molecule has 0 unspecified atom stereocenters. The minimum atomic E-state index is -3.93. The zero-order chi connectivity index (χ0) is 19.4. The van der Waals surface area contributed by atoms with Crippen LogP contribution in [0.5, 0.6) is 0 Å². The van der Waals surface area contributed by atoms with Crippen molar-refractivity contribution < 1.29 is 23.3 Å². The minimum Gasteiger partial charge on any atom is -0.478 e. The van der Waals surface area contributed by atoms with Crippen LogP contribution in [0.2, 0.25) is 5.02 Å². The minimum absolute atomic E-state index is 0.0238. The van der Waals surface area contributed by atoms with E-state index in [0.29, 0.717) is 5.69 Å². The van der Waals surface area contributed by atoms with Crippen molar-refractivity contribution in [1.29, 1.82) is 0 Å². The summed E-state index contributed by atoms with van der Waals surface area (Å²) in [6.07, 6.45) is 4.41. The second-order valence-corrected chi connectivity index (χ2v) is 7.92. The summed E-state index contributed by atoms with van der Waals surface area (Å²) in [5.74, 6) is -1.29. The Balaban J connectivity index is 1.78. The molecule has 0 aliphatic rings. The maximum atomic E-state index is 12.5. The van der Waals surface area contributed by atoms with Gasteiger partial charge < -0.3 is 5.11 Å². The van der Waals surface area contributed by atoms with Crippen molar-refractivity contribution in [2.24, 2.45) is 0 Å². The number of nitrogens with one attached hydrogen (secondary N) is 2. The van der Waals surface area contributed by atoms with Crippen LogP contribution >= 0.6 is 11.6 Å². The first-order valence-electron chi connectivity index (χ1n) is 7.95. The standard InChI is InChI=1S/C19H15ClN2O4S/c20-18-6-5-16(12-17(18)19(23)24)27(25,26)22-15-3-1-13(2-4-15)11-14-7-9-21-10-8-14/h1-10,12,22H,11H2,(H,23,24)/p+1. The first kappa shape index (κ1) is 18.9. The lowest BCUT2D eigenvalue weighted by Crippen LogP contribution is -2.14. The summed E-state index contributed by atoms with van der Waals surface area (Å²) in [7, 11) is -3.93. The monoisotopic (exact) mass is 403 g/mol. The maximum absolute atomic E-state index is 12.5. The summed E-state index contributed by atoms with van der Waals surface area (Å²) in [5, 5.41) is 9.07. The molecule has 0 aliphatic carbocycles. The Kier molecular flexibility index (Phi) is 5.43. The third-order valence-electron chi connectivity index (χ3n) is 3.88. The lowest BCUT2D eigenvalue weighted by molar-refractivity contribution is -0.378. The highest BCUT2D eigenvalue weighted by atomic mass is 35.5. The number of aromatic amines is 1. The average Bonchev–Trinajstić information content (AvgIpc) is 2.64. The largest absolute Gasteiger partial charge is 0.478 e.